The Morgan fingerprint density at radius 3 is 2.61 bits per heavy atom. The second-order valence-corrected chi connectivity index (χ2v) is 4.69. The molecule has 1 atom stereocenters. The minimum atomic E-state index is -0.910. The summed E-state index contributed by atoms with van der Waals surface area (Å²) in [6.45, 7) is 5.08. The molecule has 1 unspecified atom stereocenters. The summed E-state index contributed by atoms with van der Waals surface area (Å²) in [6.07, 6.45) is 2.29. The van der Waals surface area contributed by atoms with E-state index in [2.05, 4.69) is 0 Å². The molecule has 0 aromatic heterocycles. The number of benzene rings is 1. The number of carboxylic acids is 1. The van der Waals surface area contributed by atoms with Crippen molar-refractivity contribution in [3.63, 3.8) is 0 Å². The van der Waals surface area contributed by atoms with Crippen molar-refractivity contribution >= 4 is 5.97 Å². The zero-order chi connectivity index (χ0) is 13.1. The van der Waals surface area contributed by atoms with E-state index >= 15 is 0 Å². The quantitative estimate of drug-likeness (QED) is 0.892. The van der Waals surface area contributed by atoms with Crippen LogP contribution in [0.25, 0.3) is 0 Å². The molecule has 2 rings (SSSR count). The lowest BCUT2D eigenvalue weighted by Gasteiger charge is -2.15. The topological polar surface area (TPSA) is 55.8 Å². The predicted molar refractivity (Wildman–Crippen MR) is 67.3 cm³/mol. The first-order valence-electron chi connectivity index (χ1n) is 6.17. The van der Waals surface area contributed by atoms with Crippen molar-refractivity contribution in [1.29, 1.82) is 0 Å². The number of aromatic carboxylic acids is 1. The Morgan fingerprint density at radius 2 is 2.11 bits per heavy atom. The van der Waals surface area contributed by atoms with E-state index in [1.54, 1.807) is 12.1 Å². The van der Waals surface area contributed by atoms with Gasteiger partial charge in [0, 0.05) is 6.61 Å². The molecule has 0 spiro atoms. The minimum Gasteiger partial charge on any atom is -0.490 e. The predicted octanol–water partition coefficient (Wildman–Crippen LogP) is 2.56. The van der Waals surface area contributed by atoms with Crippen LogP contribution >= 0.6 is 0 Å². The first-order chi connectivity index (χ1) is 8.58. The summed E-state index contributed by atoms with van der Waals surface area (Å²) in [5.74, 6) is -0.137. The summed E-state index contributed by atoms with van der Waals surface area (Å²) in [5.41, 5.74) is 2.00. The lowest BCUT2D eigenvalue weighted by atomic mass is 10.1. The molecule has 1 saturated heterocycles. The van der Waals surface area contributed by atoms with Crippen LogP contribution in [0.5, 0.6) is 5.75 Å². The fourth-order valence-corrected chi connectivity index (χ4v) is 2.25. The second-order valence-electron chi connectivity index (χ2n) is 4.69. The largest absolute Gasteiger partial charge is 0.490 e. The van der Waals surface area contributed by atoms with Crippen LogP contribution in [-0.4, -0.2) is 30.4 Å². The molecule has 1 aliphatic rings. The van der Waals surface area contributed by atoms with Crippen LogP contribution in [0.15, 0.2) is 12.1 Å². The Hall–Kier alpha value is -1.55. The van der Waals surface area contributed by atoms with Gasteiger partial charge in [0.15, 0.2) is 0 Å². The molecule has 1 fully saturated rings. The Labute approximate surface area is 107 Å². The van der Waals surface area contributed by atoms with Crippen LogP contribution in [-0.2, 0) is 4.74 Å². The molecule has 1 heterocycles. The molecule has 4 nitrogen and oxygen atoms in total. The second kappa shape index (κ2) is 5.40. The Bertz CT molecular complexity index is 424. The van der Waals surface area contributed by atoms with E-state index in [0.717, 1.165) is 36.3 Å². The van der Waals surface area contributed by atoms with Crippen molar-refractivity contribution in [3.8, 4) is 5.75 Å². The molecule has 0 bridgehead atoms. The van der Waals surface area contributed by atoms with Crippen LogP contribution in [0.1, 0.15) is 34.3 Å². The lowest BCUT2D eigenvalue weighted by Crippen LogP contribution is -2.17. The maximum atomic E-state index is 10.9. The van der Waals surface area contributed by atoms with Gasteiger partial charge in [-0.2, -0.15) is 0 Å². The van der Waals surface area contributed by atoms with Crippen LogP contribution in [0.2, 0.25) is 0 Å². The summed E-state index contributed by atoms with van der Waals surface area (Å²) in [4.78, 5) is 10.9. The van der Waals surface area contributed by atoms with E-state index in [0.29, 0.717) is 12.2 Å². The highest BCUT2D eigenvalue weighted by Gasteiger charge is 2.17. The van der Waals surface area contributed by atoms with Gasteiger partial charge >= 0.3 is 5.97 Å². The number of carboxylic acid groups (broad SMARTS) is 1. The Kier molecular flexibility index (Phi) is 3.87. The first-order valence-corrected chi connectivity index (χ1v) is 6.17. The molecule has 0 radical (unpaired) electrons. The molecule has 0 aliphatic carbocycles. The van der Waals surface area contributed by atoms with Crippen LogP contribution in [0.3, 0.4) is 0 Å². The molecule has 0 amide bonds. The molecular formula is C14H18O4. The van der Waals surface area contributed by atoms with Gasteiger partial charge in [-0.3, -0.25) is 0 Å². The highest BCUT2D eigenvalue weighted by Crippen LogP contribution is 2.26. The van der Waals surface area contributed by atoms with Crippen molar-refractivity contribution in [3.05, 3.63) is 28.8 Å². The smallest absolute Gasteiger partial charge is 0.335 e. The third-order valence-electron chi connectivity index (χ3n) is 3.14. The van der Waals surface area contributed by atoms with Crippen molar-refractivity contribution in [2.24, 2.45) is 0 Å². The summed E-state index contributed by atoms with van der Waals surface area (Å²) >= 11 is 0. The number of aryl methyl sites for hydroxylation is 2. The highest BCUT2D eigenvalue weighted by molar-refractivity contribution is 5.88. The van der Waals surface area contributed by atoms with Crippen molar-refractivity contribution < 1.29 is 19.4 Å². The van der Waals surface area contributed by atoms with Crippen molar-refractivity contribution in [1.82, 2.24) is 0 Å². The van der Waals surface area contributed by atoms with E-state index in [4.69, 9.17) is 14.6 Å². The SMILES string of the molecule is Cc1cc(C(=O)O)cc(C)c1OCC1CCCO1. The molecule has 1 N–H and O–H groups in total. The molecule has 18 heavy (non-hydrogen) atoms. The number of hydrogen-bond acceptors (Lipinski definition) is 3. The molecular weight excluding hydrogens is 232 g/mol. The average molecular weight is 250 g/mol. The fourth-order valence-electron chi connectivity index (χ4n) is 2.25. The third-order valence-corrected chi connectivity index (χ3v) is 3.14. The van der Waals surface area contributed by atoms with Gasteiger partial charge in [0.2, 0.25) is 0 Å². The van der Waals surface area contributed by atoms with Crippen molar-refractivity contribution in [2.75, 3.05) is 13.2 Å². The monoisotopic (exact) mass is 250 g/mol. The van der Waals surface area contributed by atoms with Gasteiger partial charge in [-0.15, -0.1) is 0 Å². The van der Waals surface area contributed by atoms with E-state index in [1.807, 2.05) is 13.8 Å². The van der Waals surface area contributed by atoms with Crippen LogP contribution in [0.4, 0.5) is 0 Å². The highest BCUT2D eigenvalue weighted by atomic mass is 16.5. The number of ether oxygens (including phenoxy) is 2. The lowest BCUT2D eigenvalue weighted by molar-refractivity contribution is 0.0670. The minimum absolute atomic E-state index is 0.169. The van der Waals surface area contributed by atoms with Crippen LogP contribution in [0, 0.1) is 13.8 Å². The normalized spacial score (nSPS) is 18.9. The van der Waals surface area contributed by atoms with E-state index in [-0.39, 0.29) is 6.10 Å². The summed E-state index contributed by atoms with van der Waals surface area (Å²) in [6, 6.07) is 3.28. The number of rotatable bonds is 4. The van der Waals surface area contributed by atoms with E-state index < -0.39 is 5.97 Å². The standard InChI is InChI=1S/C14H18O4/c1-9-6-11(14(15)16)7-10(2)13(9)18-8-12-4-3-5-17-12/h6-7,12H,3-5,8H2,1-2H3,(H,15,16). The molecule has 98 valence electrons. The molecule has 1 aliphatic heterocycles. The van der Waals surface area contributed by atoms with Gasteiger partial charge in [0.1, 0.15) is 12.4 Å². The van der Waals surface area contributed by atoms with Gasteiger partial charge in [0.25, 0.3) is 0 Å². The van der Waals surface area contributed by atoms with E-state index in [1.165, 1.54) is 0 Å². The van der Waals surface area contributed by atoms with Crippen LogP contribution < -0.4 is 4.74 Å². The van der Waals surface area contributed by atoms with Gasteiger partial charge in [-0.05, 0) is 49.9 Å². The zero-order valence-corrected chi connectivity index (χ0v) is 10.7. The summed E-state index contributed by atoms with van der Waals surface area (Å²) in [7, 11) is 0. The third kappa shape index (κ3) is 2.82. The fraction of sp³-hybridized carbons (Fsp3) is 0.500. The summed E-state index contributed by atoms with van der Waals surface area (Å²) < 4.78 is 11.3. The van der Waals surface area contributed by atoms with E-state index in [9.17, 15) is 4.79 Å². The number of carbonyl (C=O) groups is 1. The van der Waals surface area contributed by atoms with Gasteiger partial charge in [0.05, 0.1) is 11.7 Å². The maximum Gasteiger partial charge on any atom is 0.335 e. The Balaban J connectivity index is 2.10. The number of hydrogen-bond donors (Lipinski definition) is 1. The van der Waals surface area contributed by atoms with Gasteiger partial charge < -0.3 is 14.6 Å². The Morgan fingerprint density at radius 1 is 1.44 bits per heavy atom. The summed E-state index contributed by atoms with van der Waals surface area (Å²) in [5, 5.41) is 8.97. The van der Waals surface area contributed by atoms with Gasteiger partial charge in [-0.25, -0.2) is 4.79 Å². The van der Waals surface area contributed by atoms with Gasteiger partial charge in [-0.1, -0.05) is 0 Å². The molecule has 4 heteroatoms. The average Bonchev–Trinajstić information content (AvgIpc) is 2.80. The zero-order valence-electron chi connectivity index (χ0n) is 10.7. The maximum absolute atomic E-state index is 10.9. The molecule has 1 aromatic carbocycles. The molecule has 0 saturated carbocycles. The molecule has 1 aromatic rings. The van der Waals surface area contributed by atoms with Crippen molar-refractivity contribution in [2.45, 2.75) is 32.8 Å². The first kappa shape index (κ1) is 12.9.